The van der Waals surface area contributed by atoms with Crippen LogP contribution in [0.4, 0.5) is 0 Å². The molecule has 1 saturated heterocycles. The summed E-state index contributed by atoms with van der Waals surface area (Å²) >= 11 is 0. The molecule has 0 bridgehead atoms. The standard InChI is InChI=1S/C12H18O8/c1-6(13)17-5-9-10(18-7(2)14)11(19-8(3)15)12(16-4)20-9/h9-12H,5H2,1-4H3/t9-,10-,11-,12+/m1/s1. The number of hydrogen-bond donors (Lipinski definition) is 0. The van der Waals surface area contributed by atoms with Gasteiger partial charge in [0.25, 0.3) is 0 Å². The predicted octanol–water partition coefficient (Wildman–Crippen LogP) is -0.216. The Kier molecular flexibility index (Phi) is 5.90. The second-order valence-electron chi connectivity index (χ2n) is 4.23. The quantitative estimate of drug-likeness (QED) is 0.506. The van der Waals surface area contributed by atoms with Crippen LogP contribution in [-0.4, -0.2) is 56.2 Å². The van der Waals surface area contributed by atoms with Crippen LogP contribution in [0.15, 0.2) is 0 Å². The molecule has 4 atom stereocenters. The molecular formula is C12H18O8. The van der Waals surface area contributed by atoms with Crippen molar-refractivity contribution >= 4 is 17.9 Å². The van der Waals surface area contributed by atoms with E-state index in [0.717, 1.165) is 0 Å². The number of rotatable bonds is 5. The van der Waals surface area contributed by atoms with Crippen LogP contribution in [0.2, 0.25) is 0 Å². The van der Waals surface area contributed by atoms with Gasteiger partial charge in [-0.2, -0.15) is 0 Å². The van der Waals surface area contributed by atoms with E-state index in [1.54, 1.807) is 0 Å². The Morgan fingerprint density at radius 2 is 1.50 bits per heavy atom. The zero-order chi connectivity index (χ0) is 15.3. The van der Waals surface area contributed by atoms with Crippen LogP contribution in [0.3, 0.4) is 0 Å². The first-order valence-electron chi connectivity index (χ1n) is 6.01. The first-order chi connectivity index (χ1) is 9.35. The van der Waals surface area contributed by atoms with Crippen molar-refractivity contribution in [2.75, 3.05) is 13.7 Å². The molecule has 0 unspecified atom stereocenters. The van der Waals surface area contributed by atoms with E-state index in [9.17, 15) is 14.4 Å². The summed E-state index contributed by atoms with van der Waals surface area (Å²) < 4.78 is 25.5. The number of methoxy groups -OCH3 is 1. The first kappa shape index (κ1) is 16.4. The molecule has 8 heteroatoms. The molecule has 0 N–H and O–H groups in total. The lowest BCUT2D eigenvalue weighted by atomic mass is 10.1. The molecule has 20 heavy (non-hydrogen) atoms. The molecule has 1 aliphatic rings. The second-order valence-corrected chi connectivity index (χ2v) is 4.23. The number of carbonyl (C=O) groups is 3. The van der Waals surface area contributed by atoms with E-state index in [-0.39, 0.29) is 6.61 Å². The Labute approximate surface area is 116 Å². The number of esters is 3. The van der Waals surface area contributed by atoms with E-state index in [1.165, 1.54) is 27.9 Å². The summed E-state index contributed by atoms with van der Waals surface area (Å²) in [5.41, 5.74) is 0. The average molecular weight is 290 g/mol. The minimum Gasteiger partial charge on any atom is -0.463 e. The molecule has 114 valence electrons. The summed E-state index contributed by atoms with van der Waals surface area (Å²) in [6, 6.07) is 0. The minimum atomic E-state index is -0.915. The van der Waals surface area contributed by atoms with Crippen molar-refractivity contribution in [1.82, 2.24) is 0 Å². The van der Waals surface area contributed by atoms with Crippen molar-refractivity contribution in [3.8, 4) is 0 Å². The third-order valence-corrected chi connectivity index (χ3v) is 2.55. The molecule has 0 aromatic carbocycles. The normalized spacial score (nSPS) is 28.8. The smallest absolute Gasteiger partial charge is 0.303 e. The topological polar surface area (TPSA) is 97.4 Å². The summed E-state index contributed by atoms with van der Waals surface area (Å²) in [4.78, 5) is 33.1. The number of carbonyl (C=O) groups excluding carboxylic acids is 3. The number of hydrogen-bond acceptors (Lipinski definition) is 8. The van der Waals surface area contributed by atoms with Crippen LogP contribution < -0.4 is 0 Å². The Morgan fingerprint density at radius 1 is 0.950 bits per heavy atom. The second kappa shape index (κ2) is 7.20. The van der Waals surface area contributed by atoms with Gasteiger partial charge in [-0.25, -0.2) is 0 Å². The Hall–Kier alpha value is -1.67. The molecular weight excluding hydrogens is 272 g/mol. The zero-order valence-electron chi connectivity index (χ0n) is 11.8. The molecule has 0 aromatic heterocycles. The van der Waals surface area contributed by atoms with Gasteiger partial charge in [0.2, 0.25) is 0 Å². The molecule has 0 aromatic rings. The third kappa shape index (κ3) is 4.46. The molecule has 0 saturated carbocycles. The maximum Gasteiger partial charge on any atom is 0.303 e. The average Bonchev–Trinajstić information content (AvgIpc) is 2.63. The fraction of sp³-hybridized carbons (Fsp3) is 0.750. The van der Waals surface area contributed by atoms with Crippen LogP contribution in [0.1, 0.15) is 20.8 Å². The van der Waals surface area contributed by atoms with Gasteiger partial charge in [0.1, 0.15) is 12.7 Å². The Bertz CT molecular complexity index is 380. The van der Waals surface area contributed by atoms with Crippen LogP contribution in [0, 0.1) is 0 Å². The molecule has 1 fully saturated rings. The van der Waals surface area contributed by atoms with Crippen molar-refractivity contribution < 1.29 is 38.1 Å². The highest BCUT2D eigenvalue weighted by atomic mass is 16.7. The molecule has 1 heterocycles. The molecule has 0 radical (unpaired) electrons. The van der Waals surface area contributed by atoms with Crippen LogP contribution in [0.5, 0.6) is 0 Å². The van der Waals surface area contributed by atoms with Crippen molar-refractivity contribution in [3.05, 3.63) is 0 Å². The van der Waals surface area contributed by atoms with Crippen molar-refractivity contribution in [2.24, 2.45) is 0 Å². The van der Waals surface area contributed by atoms with E-state index in [4.69, 9.17) is 23.7 Å². The molecule has 0 spiro atoms. The van der Waals surface area contributed by atoms with Gasteiger partial charge in [-0.05, 0) is 0 Å². The maximum atomic E-state index is 11.1. The van der Waals surface area contributed by atoms with Crippen molar-refractivity contribution in [2.45, 2.75) is 45.4 Å². The van der Waals surface area contributed by atoms with Crippen molar-refractivity contribution in [1.29, 1.82) is 0 Å². The number of ether oxygens (including phenoxy) is 5. The molecule has 0 amide bonds. The maximum absolute atomic E-state index is 11.1. The Balaban J connectivity index is 2.84. The highest BCUT2D eigenvalue weighted by Gasteiger charge is 2.49. The third-order valence-electron chi connectivity index (χ3n) is 2.55. The summed E-state index contributed by atoms with van der Waals surface area (Å²) in [6.45, 7) is 3.54. The van der Waals surface area contributed by atoms with E-state index < -0.39 is 42.5 Å². The lowest BCUT2D eigenvalue weighted by molar-refractivity contribution is -0.181. The van der Waals surface area contributed by atoms with Gasteiger partial charge in [-0.3, -0.25) is 14.4 Å². The van der Waals surface area contributed by atoms with E-state index in [0.29, 0.717) is 0 Å². The van der Waals surface area contributed by atoms with E-state index in [1.807, 2.05) is 0 Å². The predicted molar refractivity (Wildman–Crippen MR) is 63.4 cm³/mol. The highest BCUT2D eigenvalue weighted by Crippen LogP contribution is 2.27. The first-order valence-corrected chi connectivity index (χ1v) is 6.01. The molecule has 1 rings (SSSR count). The van der Waals surface area contributed by atoms with Gasteiger partial charge in [0, 0.05) is 27.9 Å². The van der Waals surface area contributed by atoms with Gasteiger partial charge in [0.15, 0.2) is 18.5 Å². The van der Waals surface area contributed by atoms with Gasteiger partial charge in [0.05, 0.1) is 0 Å². The van der Waals surface area contributed by atoms with E-state index >= 15 is 0 Å². The van der Waals surface area contributed by atoms with Gasteiger partial charge in [-0.1, -0.05) is 0 Å². The largest absolute Gasteiger partial charge is 0.463 e. The Morgan fingerprint density at radius 3 is 1.95 bits per heavy atom. The van der Waals surface area contributed by atoms with Gasteiger partial charge < -0.3 is 23.7 Å². The minimum absolute atomic E-state index is 0.134. The van der Waals surface area contributed by atoms with Crippen LogP contribution in [-0.2, 0) is 38.1 Å². The molecule has 1 aliphatic heterocycles. The van der Waals surface area contributed by atoms with Crippen LogP contribution in [0.25, 0.3) is 0 Å². The molecule has 8 nitrogen and oxygen atoms in total. The summed E-state index contributed by atoms with van der Waals surface area (Å²) in [5, 5.41) is 0. The fourth-order valence-corrected chi connectivity index (χ4v) is 1.87. The van der Waals surface area contributed by atoms with Gasteiger partial charge in [-0.15, -0.1) is 0 Å². The monoisotopic (exact) mass is 290 g/mol. The lowest BCUT2D eigenvalue weighted by Gasteiger charge is -2.22. The lowest BCUT2D eigenvalue weighted by Crippen LogP contribution is -2.41. The highest BCUT2D eigenvalue weighted by molar-refractivity contribution is 5.67. The SMILES string of the molecule is CO[C@H]1O[C@H](COC(C)=O)[C@@H](OC(C)=O)[C@H]1OC(C)=O. The molecule has 0 aliphatic carbocycles. The fourth-order valence-electron chi connectivity index (χ4n) is 1.87. The van der Waals surface area contributed by atoms with E-state index in [2.05, 4.69) is 0 Å². The van der Waals surface area contributed by atoms with Crippen molar-refractivity contribution in [3.63, 3.8) is 0 Å². The van der Waals surface area contributed by atoms with Crippen LogP contribution >= 0.6 is 0 Å². The van der Waals surface area contributed by atoms with Gasteiger partial charge >= 0.3 is 17.9 Å². The summed E-state index contributed by atoms with van der Waals surface area (Å²) in [6.07, 6.45) is -3.48. The zero-order valence-corrected chi connectivity index (χ0v) is 11.8. The summed E-state index contributed by atoms with van der Waals surface area (Å²) in [7, 11) is 1.36. The summed E-state index contributed by atoms with van der Waals surface area (Å²) in [5.74, 6) is -1.63.